The zero-order chi connectivity index (χ0) is 18.1. The summed E-state index contributed by atoms with van der Waals surface area (Å²) in [5.74, 6) is 0.951. The van der Waals surface area contributed by atoms with Crippen molar-refractivity contribution in [3.8, 4) is 11.3 Å². The summed E-state index contributed by atoms with van der Waals surface area (Å²) in [6, 6.07) is 14.0. The number of aryl methyl sites for hydroxylation is 1. The van der Waals surface area contributed by atoms with E-state index in [1.165, 1.54) is 0 Å². The Morgan fingerprint density at radius 3 is 2.63 bits per heavy atom. The summed E-state index contributed by atoms with van der Waals surface area (Å²) < 4.78 is 3.97. The van der Waals surface area contributed by atoms with E-state index in [4.69, 9.17) is 0 Å². The fourth-order valence-electron chi connectivity index (χ4n) is 3.65. The Morgan fingerprint density at radius 1 is 1.15 bits per heavy atom. The summed E-state index contributed by atoms with van der Waals surface area (Å²) in [5.41, 5.74) is 2.85. The third-order valence-corrected chi connectivity index (χ3v) is 5.07. The molecule has 142 valence electrons. The highest BCUT2D eigenvalue weighted by molar-refractivity contribution is 5.94. The molecule has 7 heteroatoms. The van der Waals surface area contributed by atoms with E-state index in [1.54, 1.807) is 6.20 Å². The van der Waals surface area contributed by atoms with Crippen molar-refractivity contribution in [2.45, 2.75) is 6.04 Å². The molecule has 1 saturated heterocycles. The SMILES string of the molecule is Cl.Cn1ccnc1C1CNCCN1C(=O)c1ccc(-c2ccccc2)n1C. The Kier molecular flexibility index (Phi) is 5.68. The first kappa shape index (κ1) is 19.2. The number of nitrogens with zero attached hydrogens (tertiary/aromatic N) is 4. The van der Waals surface area contributed by atoms with Gasteiger partial charge in [-0.25, -0.2) is 4.98 Å². The van der Waals surface area contributed by atoms with Gasteiger partial charge < -0.3 is 19.4 Å². The van der Waals surface area contributed by atoms with E-state index < -0.39 is 0 Å². The summed E-state index contributed by atoms with van der Waals surface area (Å²) in [5, 5.41) is 3.38. The fourth-order valence-corrected chi connectivity index (χ4v) is 3.65. The van der Waals surface area contributed by atoms with Crippen LogP contribution in [0.1, 0.15) is 22.4 Å². The number of hydrogen-bond donors (Lipinski definition) is 1. The van der Waals surface area contributed by atoms with E-state index in [9.17, 15) is 4.79 Å². The molecule has 6 nitrogen and oxygen atoms in total. The highest BCUT2D eigenvalue weighted by atomic mass is 35.5. The summed E-state index contributed by atoms with van der Waals surface area (Å²) in [7, 11) is 3.92. The van der Waals surface area contributed by atoms with Crippen molar-refractivity contribution in [3.05, 3.63) is 66.4 Å². The van der Waals surface area contributed by atoms with Crippen molar-refractivity contribution in [2.75, 3.05) is 19.6 Å². The smallest absolute Gasteiger partial charge is 0.271 e. The van der Waals surface area contributed by atoms with Crippen LogP contribution in [0.2, 0.25) is 0 Å². The Balaban J connectivity index is 0.00000210. The molecular formula is C20H24ClN5O. The van der Waals surface area contributed by atoms with Crippen LogP contribution in [-0.2, 0) is 14.1 Å². The highest BCUT2D eigenvalue weighted by Gasteiger charge is 2.32. The lowest BCUT2D eigenvalue weighted by Crippen LogP contribution is -2.49. The molecule has 1 amide bonds. The minimum atomic E-state index is -0.0636. The molecule has 0 spiro atoms. The number of carbonyl (C=O) groups is 1. The van der Waals surface area contributed by atoms with Crippen molar-refractivity contribution < 1.29 is 4.79 Å². The van der Waals surface area contributed by atoms with Crippen LogP contribution in [0.25, 0.3) is 11.3 Å². The number of halogens is 1. The number of carbonyl (C=O) groups excluding carboxylic acids is 1. The number of amides is 1. The molecular weight excluding hydrogens is 362 g/mol. The zero-order valence-corrected chi connectivity index (χ0v) is 16.3. The maximum absolute atomic E-state index is 13.3. The van der Waals surface area contributed by atoms with Gasteiger partial charge in [-0.3, -0.25) is 4.79 Å². The van der Waals surface area contributed by atoms with Crippen LogP contribution in [0, 0.1) is 0 Å². The summed E-state index contributed by atoms with van der Waals surface area (Å²) in [4.78, 5) is 19.7. The van der Waals surface area contributed by atoms with Crippen molar-refractivity contribution in [2.24, 2.45) is 14.1 Å². The third kappa shape index (κ3) is 3.50. The van der Waals surface area contributed by atoms with Gasteiger partial charge in [-0.05, 0) is 17.7 Å². The minimum Gasteiger partial charge on any atom is -0.340 e. The van der Waals surface area contributed by atoms with Crippen LogP contribution in [0.4, 0.5) is 0 Å². The number of rotatable bonds is 3. The molecule has 1 aromatic carbocycles. The standard InChI is InChI=1S/C20H23N5O.ClH/c1-23-12-11-22-19(23)18-14-21-10-13-25(18)20(26)17-9-8-16(24(17)2)15-6-4-3-5-7-15;/h3-9,11-12,18,21H,10,13-14H2,1-2H3;1H. The van der Waals surface area contributed by atoms with Gasteiger partial charge in [0.15, 0.2) is 0 Å². The fraction of sp³-hybridized carbons (Fsp3) is 0.300. The molecule has 4 rings (SSSR count). The number of piperazine rings is 1. The molecule has 1 N–H and O–H groups in total. The van der Waals surface area contributed by atoms with Crippen LogP contribution < -0.4 is 5.32 Å². The lowest BCUT2D eigenvalue weighted by atomic mass is 10.1. The van der Waals surface area contributed by atoms with E-state index in [-0.39, 0.29) is 24.4 Å². The van der Waals surface area contributed by atoms with E-state index >= 15 is 0 Å². The average Bonchev–Trinajstić information content (AvgIpc) is 3.27. The molecule has 1 fully saturated rings. The molecule has 0 aliphatic carbocycles. The minimum absolute atomic E-state index is 0. The maximum atomic E-state index is 13.3. The Labute approximate surface area is 165 Å². The predicted molar refractivity (Wildman–Crippen MR) is 108 cm³/mol. The zero-order valence-electron chi connectivity index (χ0n) is 15.5. The van der Waals surface area contributed by atoms with Gasteiger partial charge in [0.1, 0.15) is 17.6 Å². The first-order valence-electron chi connectivity index (χ1n) is 8.87. The monoisotopic (exact) mass is 385 g/mol. The summed E-state index contributed by atoms with van der Waals surface area (Å²) in [6.07, 6.45) is 3.70. The molecule has 1 aliphatic rings. The largest absolute Gasteiger partial charge is 0.340 e. The van der Waals surface area contributed by atoms with Crippen LogP contribution in [0.3, 0.4) is 0 Å². The first-order chi connectivity index (χ1) is 12.7. The normalized spacial score (nSPS) is 16.8. The van der Waals surface area contributed by atoms with Gasteiger partial charge in [0.25, 0.3) is 5.91 Å². The lowest BCUT2D eigenvalue weighted by molar-refractivity contribution is 0.0611. The van der Waals surface area contributed by atoms with Crippen molar-refractivity contribution in [1.82, 2.24) is 24.3 Å². The third-order valence-electron chi connectivity index (χ3n) is 5.07. The van der Waals surface area contributed by atoms with Crippen LogP contribution >= 0.6 is 12.4 Å². The highest BCUT2D eigenvalue weighted by Crippen LogP contribution is 2.26. The van der Waals surface area contributed by atoms with Gasteiger partial charge in [0.05, 0.1) is 0 Å². The first-order valence-corrected chi connectivity index (χ1v) is 8.87. The summed E-state index contributed by atoms with van der Waals surface area (Å²) in [6.45, 7) is 2.18. The predicted octanol–water partition coefficient (Wildman–Crippen LogP) is 2.63. The van der Waals surface area contributed by atoms with E-state index in [0.29, 0.717) is 18.8 Å². The molecule has 3 heterocycles. The topological polar surface area (TPSA) is 55.1 Å². The lowest BCUT2D eigenvalue weighted by Gasteiger charge is -2.35. The molecule has 1 atom stereocenters. The Hall–Kier alpha value is -2.57. The van der Waals surface area contributed by atoms with Gasteiger partial charge in [0.2, 0.25) is 0 Å². The second-order valence-electron chi connectivity index (χ2n) is 6.64. The number of nitrogens with one attached hydrogen (secondary N) is 1. The number of benzene rings is 1. The van der Waals surface area contributed by atoms with Crippen molar-refractivity contribution >= 4 is 18.3 Å². The van der Waals surface area contributed by atoms with Crippen LogP contribution in [0.15, 0.2) is 54.9 Å². The average molecular weight is 386 g/mol. The van der Waals surface area contributed by atoms with E-state index in [1.807, 2.05) is 64.7 Å². The van der Waals surface area contributed by atoms with Crippen molar-refractivity contribution in [1.29, 1.82) is 0 Å². The van der Waals surface area contributed by atoms with Gasteiger partial charge in [-0.2, -0.15) is 0 Å². The van der Waals surface area contributed by atoms with Crippen LogP contribution in [-0.4, -0.2) is 44.6 Å². The van der Waals surface area contributed by atoms with Gasteiger partial charge in [-0.15, -0.1) is 12.4 Å². The molecule has 2 aromatic heterocycles. The number of imidazole rings is 1. The molecule has 0 radical (unpaired) electrons. The molecule has 27 heavy (non-hydrogen) atoms. The van der Waals surface area contributed by atoms with Crippen LogP contribution in [0.5, 0.6) is 0 Å². The number of hydrogen-bond acceptors (Lipinski definition) is 3. The van der Waals surface area contributed by atoms with Crippen molar-refractivity contribution in [3.63, 3.8) is 0 Å². The molecule has 3 aromatic rings. The van der Waals surface area contributed by atoms with Gasteiger partial charge >= 0.3 is 0 Å². The molecule has 0 bridgehead atoms. The van der Waals surface area contributed by atoms with Gasteiger partial charge in [0, 0.05) is 51.8 Å². The van der Waals surface area contributed by atoms with E-state index in [0.717, 1.165) is 23.6 Å². The maximum Gasteiger partial charge on any atom is 0.271 e. The Morgan fingerprint density at radius 2 is 1.93 bits per heavy atom. The summed E-state index contributed by atoms with van der Waals surface area (Å²) >= 11 is 0. The molecule has 0 saturated carbocycles. The van der Waals surface area contributed by atoms with Gasteiger partial charge in [-0.1, -0.05) is 30.3 Å². The molecule has 1 unspecified atom stereocenters. The number of aromatic nitrogens is 3. The second kappa shape index (κ2) is 7.98. The molecule has 1 aliphatic heterocycles. The Bertz CT molecular complexity index is 918. The second-order valence-corrected chi connectivity index (χ2v) is 6.64. The quantitative estimate of drug-likeness (QED) is 0.754. The van der Waals surface area contributed by atoms with E-state index in [2.05, 4.69) is 22.4 Å².